The van der Waals surface area contributed by atoms with Gasteiger partial charge in [-0.15, -0.1) is 0 Å². The zero-order valence-corrected chi connectivity index (χ0v) is 11.3. The first-order valence-corrected chi connectivity index (χ1v) is 6.36. The summed E-state index contributed by atoms with van der Waals surface area (Å²) >= 11 is 2.30. The molecule has 16 heavy (non-hydrogen) atoms. The van der Waals surface area contributed by atoms with Crippen LogP contribution in [0, 0.1) is 3.57 Å². The van der Waals surface area contributed by atoms with Gasteiger partial charge >= 0.3 is 0 Å². The molecule has 2 aromatic rings. The van der Waals surface area contributed by atoms with Crippen LogP contribution in [0.15, 0.2) is 36.8 Å². The number of hydrogen-bond donors (Lipinski definition) is 1. The summed E-state index contributed by atoms with van der Waals surface area (Å²) in [6.45, 7) is 3.90. The number of nitrogens with one attached hydrogen (secondary N) is 1. The lowest BCUT2D eigenvalue weighted by atomic mass is 10.3. The van der Waals surface area contributed by atoms with E-state index in [1.165, 1.54) is 9.26 Å². The normalized spacial score (nSPS) is 10.4. The predicted molar refractivity (Wildman–Crippen MR) is 74.4 cm³/mol. The fraction of sp³-hybridized carbons (Fsp3) is 0.250. The Morgan fingerprint density at radius 1 is 1.31 bits per heavy atom. The molecule has 1 heterocycles. The number of aromatic nitrogens is 2. The molecule has 0 aliphatic rings. The van der Waals surface area contributed by atoms with Crippen LogP contribution in [0.25, 0.3) is 0 Å². The van der Waals surface area contributed by atoms with E-state index >= 15 is 0 Å². The Bertz CT molecular complexity index is 448. The molecule has 0 atom stereocenters. The van der Waals surface area contributed by atoms with E-state index in [2.05, 4.69) is 68.6 Å². The molecular weight excluding hydrogens is 313 g/mol. The lowest BCUT2D eigenvalue weighted by Crippen LogP contribution is -2.05. The third kappa shape index (κ3) is 2.75. The van der Waals surface area contributed by atoms with E-state index in [4.69, 9.17) is 0 Å². The Labute approximate surface area is 109 Å². The van der Waals surface area contributed by atoms with Crippen LogP contribution in [0.4, 0.5) is 5.69 Å². The molecule has 0 fully saturated rings. The van der Waals surface area contributed by atoms with Crippen LogP contribution in [0.5, 0.6) is 0 Å². The van der Waals surface area contributed by atoms with E-state index in [0.29, 0.717) is 0 Å². The lowest BCUT2D eigenvalue weighted by Gasteiger charge is -2.08. The Balaban J connectivity index is 1.99. The second-order valence-electron chi connectivity index (χ2n) is 3.53. The molecule has 3 nitrogen and oxygen atoms in total. The fourth-order valence-corrected chi connectivity index (χ4v) is 1.90. The Hall–Kier alpha value is -1.04. The Morgan fingerprint density at radius 3 is 2.75 bits per heavy atom. The van der Waals surface area contributed by atoms with Gasteiger partial charge in [-0.2, -0.15) is 0 Å². The summed E-state index contributed by atoms with van der Waals surface area (Å²) < 4.78 is 3.39. The number of hydrogen-bond acceptors (Lipinski definition) is 2. The summed E-state index contributed by atoms with van der Waals surface area (Å²) in [5.74, 6) is 0. The first-order valence-electron chi connectivity index (χ1n) is 5.28. The average molecular weight is 327 g/mol. The lowest BCUT2D eigenvalue weighted by molar-refractivity contribution is 0.719. The number of nitrogens with zero attached hydrogens (tertiary/aromatic N) is 2. The number of halogens is 1. The van der Waals surface area contributed by atoms with Crippen LogP contribution < -0.4 is 5.32 Å². The van der Waals surface area contributed by atoms with Gasteiger partial charge in [-0.05, 0) is 53.8 Å². The van der Waals surface area contributed by atoms with Crippen LogP contribution in [0.2, 0.25) is 0 Å². The molecule has 0 bridgehead atoms. The molecule has 4 heteroatoms. The highest BCUT2D eigenvalue weighted by Gasteiger charge is 1.99. The van der Waals surface area contributed by atoms with Crippen molar-refractivity contribution in [3.8, 4) is 0 Å². The van der Waals surface area contributed by atoms with Gasteiger partial charge < -0.3 is 9.88 Å². The van der Waals surface area contributed by atoms with Crippen molar-refractivity contribution in [2.75, 3.05) is 5.32 Å². The largest absolute Gasteiger partial charge is 0.379 e. The highest BCUT2D eigenvalue weighted by molar-refractivity contribution is 14.1. The van der Waals surface area contributed by atoms with Crippen LogP contribution in [-0.2, 0) is 13.1 Å². The molecule has 0 amide bonds. The maximum Gasteiger partial charge on any atom is 0.0948 e. The zero-order chi connectivity index (χ0) is 11.4. The van der Waals surface area contributed by atoms with Crippen LogP contribution in [0.1, 0.15) is 12.6 Å². The van der Waals surface area contributed by atoms with Crippen molar-refractivity contribution in [3.63, 3.8) is 0 Å². The number of rotatable bonds is 4. The summed E-state index contributed by atoms with van der Waals surface area (Å²) in [5.41, 5.74) is 2.35. The molecule has 0 unspecified atom stereocenters. The van der Waals surface area contributed by atoms with Crippen molar-refractivity contribution in [3.05, 3.63) is 46.1 Å². The molecule has 2 rings (SSSR count). The standard InChI is InChI=1S/C12H14IN3/c1-2-16-9-14-7-12(16)8-15-11-5-3-10(13)4-6-11/h3-7,9,15H,2,8H2,1H3. The minimum Gasteiger partial charge on any atom is -0.379 e. The van der Waals surface area contributed by atoms with E-state index in [-0.39, 0.29) is 0 Å². The van der Waals surface area contributed by atoms with Crippen LogP contribution in [0.3, 0.4) is 0 Å². The molecule has 0 radical (unpaired) electrons. The van der Waals surface area contributed by atoms with Crippen LogP contribution >= 0.6 is 22.6 Å². The molecule has 84 valence electrons. The van der Waals surface area contributed by atoms with Gasteiger partial charge in [0, 0.05) is 22.0 Å². The average Bonchev–Trinajstić information content (AvgIpc) is 2.76. The van der Waals surface area contributed by atoms with Crippen molar-refractivity contribution >= 4 is 28.3 Å². The molecular formula is C12H14IN3. The zero-order valence-electron chi connectivity index (χ0n) is 9.15. The third-order valence-electron chi connectivity index (χ3n) is 2.46. The van der Waals surface area contributed by atoms with Crippen molar-refractivity contribution in [2.45, 2.75) is 20.0 Å². The first-order chi connectivity index (χ1) is 7.79. The summed E-state index contributed by atoms with van der Waals surface area (Å²) in [4.78, 5) is 4.14. The summed E-state index contributed by atoms with van der Waals surface area (Å²) in [7, 11) is 0. The van der Waals surface area contributed by atoms with Gasteiger partial charge in [-0.3, -0.25) is 0 Å². The molecule has 1 aromatic heterocycles. The molecule has 0 aliphatic heterocycles. The molecule has 0 saturated carbocycles. The fourth-order valence-electron chi connectivity index (χ4n) is 1.54. The topological polar surface area (TPSA) is 29.9 Å². The van der Waals surface area contributed by atoms with Crippen molar-refractivity contribution < 1.29 is 0 Å². The maximum absolute atomic E-state index is 4.14. The van der Waals surface area contributed by atoms with Gasteiger partial charge in [-0.25, -0.2) is 4.98 Å². The van der Waals surface area contributed by atoms with E-state index in [1.54, 1.807) is 0 Å². The minimum atomic E-state index is 0.814. The SMILES string of the molecule is CCn1cncc1CNc1ccc(I)cc1. The Morgan fingerprint density at radius 2 is 2.06 bits per heavy atom. The summed E-state index contributed by atoms with van der Waals surface area (Å²) in [6, 6.07) is 8.38. The molecule has 1 N–H and O–H groups in total. The minimum absolute atomic E-state index is 0.814. The van der Waals surface area contributed by atoms with Gasteiger partial charge in [0.2, 0.25) is 0 Å². The van der Waals surface area contributed by atoms with Gasteiger partial charge in [-0.1, -0.05) is 0 Å². The van der Waals surface area contributed by atoms with E-state index in [9.17, 15) is 0 Å². The molecule has 1 aromatic carbocycles. The maximum atomic E-state index is 4.14. The van der Waals surface area contributed by atoms with Crippen LogP contribution in [-0.4, -0.2) is 9.55 Å². The summed E-state index contributed by atoms with van der Waals surface area (Å²) in [6.07, 6.45) is 3.77. The third-order valence-corrected chi connectivity index (χ3v) is 3.18. The monoisotopic (exact) mass is 327 g/mol. The number of imidazole rings is 1. The van der Waals surface area contributed by atoms with Gasteiger partial charge in [0.1, 0.15) is 0 Å². The second-order valence-corrected chi connectivity index (χ2v) is 4.78. The van der Waals surface area contributed by atoms with Crippen molar-refractivity contribution in [2.24, 2.45) is 0 Å². The van der Waals surface area contributed by atoms with Crippen molar-refractivity contribution in [1.29, 1.82) is 0 Å². The van der Waals surface area contributed by atoms with Gasteiger partial charge in [0.25, 0.3) is 0 Å². The van der Waals surface area contributed by atoms with E-state index < -0.39 is 0 Å². The molecule has 0 spiro atoms. The molecule has 0 aliphatic carbocycles. The highest BCUT2D eigenvalue weighted by Crippen LogP contribution is 2.12. The quantitative estimate of drug-likeness (QED) is 0.875. The highest BCUT2D eigenvalue weighted by atomic mass is 127. The van der Waals surface area contributed by atoms with E-state index in [1.807, 2.05) is 12.5 Å². The van der Waals surface area contributed by atoms with Crippen molar-refractivity contribution in [1.82, 2.24) is 9.55 Å². The number of anilines is 1. The number of aryl methyl sites for hydroxylation is 1. The smallest absolute Gasteiger partial charge is 0.0948 e. The number of benzene rings is 1. The summed E-state index contributed by atoms with van der Waals surface area (Å²) in [5, 5.41) is 3.38. The second kappa shape index (κ2) is 5.34. The van der Waals surface area contributed by atoms with E-state index in [0.717, 1.165) is 18.8 Å². The predicted octanol–water partition coefficient (Wildman–Crippen LogP) is 3.12. The van der Waals surface area contributed by atoms with Gasteiger partial charge in [0.15, 0.2) is 0 Å². The first kappa shape index (κ1) is 11.4. The molecule has 0 saturated heterocycles. The van der Waals surface area contributed by atoms with Gasteiger partial charge in [0.05, 0.1) is 18.6 Å². The Kier molecular flexibility index (Phi) is 3.82.